The number of rotatable bonds is 1. The molecule has 4 heteroatoms. The molecule has 0 aliphatic rings. The third-order valence-electron chi connectivity index (χ3n) is 1.33. The number of aromatic nitrogens is 1. The molecule has 1 aromatic heterocycles. The van der Waals surface area contributed by atoms with Gasteiger partial charge in [0, 0.05) is 17.8 Å². The highest BCUT2D eigenvalue weighted by Gasteiger charge is 1.99. The van der Waals surface area contributed by atoms with E-state index < -0.39 is 0 Å². The second-order valence-corrected chi connectivity index (χ2v) is 2.54. The van der Waals surface area contributed by atoms with Gasteiger partial charge in [0.1, 0.15) is 11.2 Å². The normalized spacial score (nSPS) is 9.46. The topological polar surface area (TPSA) is 60.5 Å². The van der Waals surface area contributed by atoms with Crippen LogP contribution in [0, 0.1) is 22.7 Å². The molecule has 1 rings (SSSR count). The van der Waals surface area contributed by atoms with Gasteiger partial charge in [0.15, 0.2) is 0 Å². The van der Waals surface area contributed by atoms with Crippen molar-refractivity contribution in [1.29, 1.82) is 10.5 Å². The zero-order valence-corrected chi connectivity index (χ0v) is 7.28. The minimum absolute atomic E-state index is 0.283. The SMILES string of the molecule is N#CC=Cc1cc(C#N)cnc1Cl. The smallest absolute Gasteiger partial charge is 0.136 e. The molecule has 0 atom stereocenters. The molecule has 0 saturated carbocycles. The molecule has 0 fully saturated rings. The van der Waals surface area contributed by atoms with Crippen molar-refractivity contribution in [3.8, 4) is 12.1 Å². The first-order valence-electron chi connectivity index (χ1n) is 3.39. The third-order valence-corrected chi connectivity index (χ3v) is 1.65. The molecule has 0 bridgehead atoms. The van der Waals surface area contributed by atoms with Crippen LogP contribution in [0.4, 0.5) is 0 Å². The summed E-state index contributed by atoms with van der Waals surface area (Å²) in [5.74, 6) is 0. The summed E-state index contributed by atoms with van der Waals surface area (Å²) in [6.07, 6.45) is 4.17. The highest BCUT2D eigenvalue weighted by atomic mass is 35.5. The number of hydrogen-bond acceptors (Lipinski definition) is 3. The van der Waals surface area contributed by atoms with Crippen molar-refractivity contribution in [2.24, 2.45) is 0 Å². The third kappa shape index (κ3) is 2.30. The van der Waals surface area contributed by atoms with E-state index in [9.17, 15) is 0 Å². The predicted octanol–water partition coefficient (Wildman–Crippen LogP) is 2.14. The lowest BCUT2D eigenvalue weighted by atomic mass is 10.2. The molecule has 0 saturated heterocycles. The van der Waals surface area contributed by atoms with Crippen molar-refractivity contribution >= 4 is 17.7 Å². The van der Waals surface area contributed by atoms with Crippen molar-refractivity contribution in [3.63, 3.8) is 0 Å². The zero-order chi connectivity index (χ0) is 9.68. The van der Waals surface area contributed by atoms with Gasteiger partial charge in [0.2, 0.25) is 0 Å². The molecule has 0 N–H and O–H groups in total. The van der Waals surface area contributed by atoms with Gasteiger partial charge in [-0.25, -0.2) is 4.98 Å². The Kier molecular flexibility index (Phi) is 3.03. The van der Waals surface area contributed by atoms with Gasteiger partial charge in [-0.2, -0.15) is 10.5 Å². The minimum Gasteiger partial charge on any atom is -0.243 e. The number of nitrogens with zero attached hydrogens (tertiary/aromatic N) is 3. The molecule has 0 radical (unpaired) electrons. The van der Waals surface area contributed by atoms with Gasteiger partial charge in [0.05, 0.1) is 11.6 Å². The van der Waals surface area contributed by atoms with E-state index in [1.165, 1.54) is 18.3 Å². The van der Waals surface area contributed by atoms with E-state index in [4.69, 9.17) is 22.1 Å². The summed E-state index contributed by atoms with van der Waals surface area (Å²) < 4.78 is 0. The van der Waals surface area contributed by atoms with Gasteiger partial charge in [-0.15, -0.1) is 0 Å². The van der Waals surface area contributed by atoms with Crippen LogP contribution in [0.1, 0.15) is 11.1 Å². The Labute approximate surface area is 80.5 Å². The van der Waals surface area contributed by atoms with Crippen LogP contribution >= 0.6 is 11.6 Å². The Morgan fingerprint density at radius 1 is 1.46 bits per heavy atom. The molecule has 0 unspecified atom stereocenters. The lowest BCUT2D eigenvalue weighted by Crippen LogP contribution is -1.83. The standard InChI is InChI=1S/C9H4ClN3/c10-9-8(2-1-3-11)4-7(5-12)6-13-9/h1-2,4,6H. The molecule has 0 amide bonds. The highest BCUT2D eigenvalue weighted by Crippen LogP contribution is 2.15. The lowest BCUT2D eigenvalue weighted by Gasteiger charge is -1.95. The van der Waals surface area contributed by atoms with Gasteiger partial charge >= 0.3 is 0 Å². The molecule has 62 valence electrons. The molecule has 0 aliphatic carbocycles. The molecule has 0 spiro atoms. The second kappa shape index (κ2) is 4.25. The van der Waals surface area contributed by atoms with Crippen LogP contribution in [0.25, 0.3) is 6.08 Å². The first kappa shape index (κ1) is 9.25. The summed E-state index contributed by atoms with van der Waals surface area (Å²) >= 11 is 5.71. The van der Waals surface area contributed by atoms with Crippen LogP contribution in [0.15, 0.2) is 18.3 Å². The molecule has 0 aromatic carbocycles. The Hall–Kier alpha value is -1.84. The number of hydrogen-bond donors (Lipinski definition) is 0. The maximum Gasteiger partial charge on any atom is 0.136 e. The monoisotopic (exact) mass is 189 g/mol. The van der Waals surface area contributed by atoms with E-state index in [0.29, 0.717) is 11.1 Å². The summed E-state index contributed by atoms with van der Waals surface area (Å²) in [6, 6.07) is 5.34. The molecule has 13 heavy (non-hydrogen) atoms. The molecule has 0 aliphatic heterocycles. The van der Waals surface area contributed by atoms with E-state index in [1.807, 2.05) is 12.1 Å². The minimum atomic E-state index is 0.283. The number of pyridine rings is 1. The summed E-state index contributed by atoms with van der Waals surface area (Å²) in [6.45, 7) is 0. The fourth-order valence-corrected chi connectivity index (χ4v) is 0.937. The van der Waals surface area contributed by atoms with Crippen LogP contribution in [0.2, 0.25) is 5.15 Å². The summed E-state index contributed by atoms with van der Waals surface area (Å²) in [5.41, 5.74) is 0.990. The van der Waals surface area contributed by atoms with E-state index in [1.54, 1.807) is 6.07 Å². The molecule has 3 nitrogen and oxygen atoms in total. The molecular weight excluding hydrogens is 186 g/mol. The van der Waals surface area contributed by atoms with Crippen molar-refractivity contribution in [1.82, 2.24) is 4.98 Å². The predicted molar refractivity (Wildman–Crippen MR) is 48.6 cm³/mol. The molecular formula is C9H4ClN3. The zero-order valence-electron chi connectivity index (χ0n) is 6.53. The number of halogens is 1. The average molecular weight is 190 g/mol. The fourth-order valence-electron chi connectivity index (χ4n) is 0.770. The quantitative estimate of drug-likeness (QED) is 0.502. The maximum atomic E-state index is 8.56. The number of allylic oxidation sites excluding steroid dienone is 1. The first-order chi connectivity index (χ1) is 6.27. The van der Waals surface area contributed by atoms with Crippen LogP contribution in [-0.4, -0.2) is 4.98 Å². The van der Waals surface area contributed by atoms with E-state index in [2.05, 4.69) is 4.98 Å². The van der Waals surface area contributed by atoms with Gasteiger partial charge in [-0.1, -0.05) is 11.6 Å². The second-order valence-electron chi connectivity index (χ2n) is 2.18. The Morgan fingerprint density at radius 3 is 2.85 bits per heavy atom. The number of nitriles is 2. The van der Waals surface area contributed by atoms with Crippen molar-refractivity contribution in [2.45, 2.75) is 0 Å². The van der Waals surface area contributed by atoms with E-state index >= 15 is 0 Å². The van der Waals surface area contributed by atoms with E-state index in [-0.39, 0.29) is 5.15 Å². The van der Waals surface area contributed by atoms with Crippen molar-refractivity contribution in [2.75, 3.05) is 0 Å². The van der Waals surface area contributed by atoms with Crippen LogP contribution in [0.5, 0.6) is 0 Å². The van der Waals surface area contributed by atoms with Gasteiger partial charge in [-0.05, 0) is 12.1 Å². The molecule has 1 heterocycles. The molecule has 1 aromatic rings. The van der Waals surface area contributed by atoms with Crippen molar-refractivity contribution in [3.05, 3.63) is 34.6 Å². The summed E-state index contributed by atoms with van der Waals surface area (Å²) in [5, 5.41) is 17.1. The summed E-state index contributed by atoms with van der Waals surface area (Å²) in [4.78, 5) is 3.79. The van der Waals surface area contributed by atoms with Gasteiger partial charge < -0.3 is 0 Å². The van der Waals surface area contributed by atoms with Crippen LogP contribution in [0.3, 0.4) is 0 Å². The first-order valence-corrected chi connectivity index (χ1v) is 3.77. The van der Waals surface area contributed by atoms with Crippen LogP contribution in [-0.2, 0) is 0 Å². The van der Waals surface area contributed by atoms with Crippen LogP contribution < -0.4 is 0 Å². The largest absolute Gasteiger partial charge is 0.243 e. The maximum absolute atomic E-state index is 8.56. The average Bonchev–Trinajstić information content (AvgIpc) is 2.17. The van der Waals surface area contributed by atoms with Gasteiger partial charge in [0.25, 0.3) is 0 Å². The Balaban J connectivity index is 3.15. The fraction of sp³-hybridized carbons (Fsp3) is 0. The lowest BCUT2D eigenvalue weighted by molar-refractivity contribution is 1.29. The highest BCUT2D eigenvalue weighted by molar-refractivity contribution is 6.30. The summed E-state index contributed by atoms with van der Waals surface area (Å²) in [7, 11) is 0. The van der Waals surface area contributed by atoms with Crippen molar-refractivity contribution < 1.29 is 0 Å². The van der Waals surface area contributed by atoms with Gasteiger partial charge in [-0.3, -0.25) is 0 Å². The Morgan fingerprint density at radius 2 is 2.23 bits per heavy atom. The Bertz CT molecular complexity index is 423. The van der Waals surface area contributed by atoms with E-state index in [0.717, 1.165) is 0 Å².